The quantitative estimate of drug-likeness (QED) is 0.696. The molecule has 1 rings (SSSR count). The Kier molecular flexibility index (Phi) is 3.47. The molecule has 4 heteroatoms. The van der Waals surface area contributed by atoms with Crippen molar-refractivity contribution in [1.82, 2.24) is 4.98 Å². The van der Waals surface area contributed by atoms with Gasteiger partial charge in [-0.3, -0.25) is 0 Å². The van der Waals surface area contributed by atoms with E-state index in [0.29, 0.717) is 18.1 Å². The third kappa shape index (κ3) is 2.44. The summed E-state index contributed by atoms with van der Waals surface area (Å²) in [5.41, 5.74) is 6.04. The Morgan fingerprint density at radius 2 is 2.33 bits per heavy atom. The maximum Gasteiger partial charge on any atom is 0.129 e. The first-order valence-electron chi connectivity index (χ1n) is 3.73. The standard InChI is InChI=1S/C8H11ClN2O/c9-8-2-1-6(5-11-8)7(12)3-4-10/h1-2,5,7,12H,3-4,10H2. The van der Waals surface area contributed by atoms with Crippen molar-refractivity contribution >= 4 is 11.6 Å². The van der Waals surface area contributed by atoms with Crippen LogP contribution in [-0.2, 0) is 0 Å². The van der Waals surface area contributed by atoms with Crippen molar-refractivity contribution in [2.45, 2.75) is 12.5 Å². The smallest absolute Gasteiger partial charge is 0.129 e. The van der Waals surface area contributed by atoms with Crippen LogP contribution in [0.5, 0.6) is 0 Å². The Morgan fingerprint density at radius 1 is 1.58 bits per heavy atom. The number of rotatable bonds is 3. The lowest BCUT2D eigenvalue weighted by Gasteiger charge is -2.07. The van der Waals surface area contributed by atoms with Gasteiger partial charge in [-0.05, 0) is 24.6 Å². The monoisotopic (exact) mass is 186 g/mol. The number of aliphatic hydroxyl groups is 1. The van der Waals surface area contributed by atoms with Crippen molar-refractivity contribution in [1.29, 1.82) is 0 Å². The molecule has 1 heterocycles. The van der Waals surface area contributed by atoms with Gasteiger partial charge in [-0.2, -0.15) is 0 Å². The highest BCUT2D eigenvalue weighted by Gasteiger charge is 2.05. The first-order valence-corrected chi connectivity index (χ1v) is 4.11. The van der Waals surface area contributed by atoms with Crippen LogP contribution in [0.25, 0.3) is 0 Å². The molecule has 0 saturated carbocycles. The number of nitrogens with two attached hydrogens (primary N) is 1. The fourth-order valence-corrected chi connectivity index (χ4v) is 1.02. The molecule has 1 unspecified atom stereocenters. The Hall–Kier alpha value is -0.640. The van der Waals surface area contributed by atoms with Gasteiger partial charge in [0, 0.05) is 6.20 Å². The molecule has 0 amide bonds. The van der Waals surface area contributed by atoms with Crippen molar-refractivity contribution < 1.29 is 5.11 Å². The number of halogens is 1. The van der Waals surface area contributed by atoms with Crippen LogP contribution in [0.1, 0.15) is 18.1 Å². The predicted octanol–water partition coefficient (Wildman–Crippen LogP) is 1.12. The van der Waals surface area contributed by atoms with Crippen LogP contribution in [0.4, 0.5) is 0 Å². The lowest BCUT2D eigenvalue weighted by molar-refractivity contribution is 0.170. The van der Waals surface area contributed by atoms with E-state index in [9.17, 15) is 5.11 Å². The van der Waals surface area contributed by atoms with Gasteiger partial charge in [-0.25, -0.2) is 4.98 Å². The van der Waals surface area contributed by atoms with E-state index in [1.165, 1.54) is 0 Å². The van der Waals surface area contributed by atoms with E-state index in [1.807, 2.05) is 0 Å². The van der Waals surface area contributed by atoms with Crippen LogP contribution in [0.3, 0.4) is 0 Å². The molecule has 0 bridgehead atoms. The second kappa shape index (κ2) is 4.40. The maximum absolute atomic E-state index is 9.45. The largest absolute Gasteiger partial charge is 0.388 e. The van der Waals surface area contributed by atoms with Gasteiger partial charge in [-0.1, -0.05) is 17.7 Å². The number of pyridine rings is 1. The SMILES string of the molecule is NCCC(O)c1ccc(Cl)nc1. The minimum absolute atomic E-state index is 0.429. The highest BCUT2D eigenvalue weighted by atomic mass is 35.5. The van der Waals surface area contributed by atoms with E-state index in [-0.39, 0.29) is 0 Å². The van der Waals surface area contributed by atoms with Crippen LogP contribution in [0.15, 0.2) is 18.3 Å². The van der Waals surface area contributed by atoms with Gasteiger partial charge in [-0.15, -0.1) is 0 Å². The number of hydrogen-bond donors (Lipinski definition) is 2. The van der Waals surface area contributed by atoms with Gasteiger partial charge in [0.05, 0.1) is 6.10 Å². The van der Waals surface area contributed by atoms with E-state index in [2.05, 4.69) is 4.98 Å². The number of aliphatic hydroxyl groups excluding tert-OH is 1. The summed E-state index contributed by atoms with van der Waals surface area (Å²) in [6.45, 7) is 0.462. The van der Waals surface area contributed by atoms with Gasteiger partial charge >= 0.3 is 0 Å². The molecular weight excluding hydrogens is 176 g/mol. The zero-order chi connectivity index (χ0) is 8.97. The molecule has 0 saturated heterocycles. The van der Waals surface area contributed by atoms with Crippen molar-refractivity contribution in [2.75, 3.05) is 6.54 Å². The number of hydrogen-bond acceptors (Lipinski definition) is 3. The molecule has 0 spiro atoms. The topological polar surface area (TPSA) is 59.1 Å². The Morgan fingerprint density at radius 3 is 2.83 bits per heavy atom. The van der Waals surface area contributed by atoms with Crippen molar-refractivity contribution in [3.63, 3.8) is 0 Å². The number of nitrogens with zero attached hydrogens (tertiary/aromatic N) is 1. The first kappa shape index (κ1) is 9.45. The lowest BCUT2D eigenvalue weighted by Crippen LogP contribution is -2.06. The van der Waals surface area contributed by atoms with Gasteiger partial charge in [0.15, 0.2) is 0 Å². The molecule has 1 aromatic heterocycles. The third-order valence-electron chi connectivity index (χ3n) is 1.58. The Labute approximate surface area is 76.2 Å². The van der Waals surface area contributed by atoms with E-state index < -0.39 is 6.10 Å². The summed E-state index contributed by atoms with van der Waals surface area (Å²) < 4.78 is 0. The second-order valence-corrected chi connectivity index (χ2v) is 2.89. The van der Waals surface area contributed by atoms with E-state index in [1.54, 1.807) is 18.3 Å². The summed E-state index contributed by atoms with van der Waals surface area (Å²) in [6.07, 6.45) is 1.58. The lowest BCUT2D eigenvalue weighted by atomic mass is 10.1. The average Bonchev–Trinajstić information content (AvgIpc) is 2.06. The summed E-state index contributed by atoms with van der Waals surface area (Å²) in [4.78, 5) is 3.85. The molecule has 3 N–H and O–H groups in total. The highest BCUT2D eigenvalue weighted by molar-refractivity contribution is 6.29. The minimum atomic E-state index is -0.528. The van der Waals surface area contributed by atoms with Gasteiger partial charge in [0.2, 0.25) is 0 Å². The zero-order valence-electron chi connectivity index (χ0n) is 6.57. The fraction of sp³-hybridized carbons (Fsp3) is 0.375. The highest BCUT2D eigenvalue weighted by Crippen LogP contribution is 2.15. The van der Waals surface area contributed by atoms with Crippen LogP contribution in [0, 0.1) is 0 Å². The zero-order valence-corrected chi connectivity index (χ0v) is 7.33. The van der Waals surface area contributed by atoms with Crippen LogP contribution in [0.2, 0.25) is 5.15 Å². The summed E-state index contributed by atoms with van der Waals surface area (Å²) in [6, 6.07) is 3.40. The summed E-state index contributed by atoms with van der Waals surface area (Å²) in [5.74, 6) is 0. The molecule has 0 radical (unpaired) electrons. The fourth-order valence-electron chi connectivity index (χ4n) is 0.909. The van der Waals surface area contributed by atoms with Crippen molar-refractivity contribution in [3.8, 4) is 0 Å². The van der Waals surface area contributed by atoms with Gasteiger partial charge in [0.1, 0.15) is 5.15 Å². The Balaban J connectivity index is 2.68. The molecule has 1 aromatic rings. The van der Waals surface area contributed by atoms with E-state index >= 15 is 0 Å². The molecule has 0 aromatic carbocycles. The molecule has 12 heavy (non-hydrogen) atoms. The van der Waals surface area contributed by atoms with E-state index in [0.717, 1.165) is 5.56 Å². The minimum Gasteiger partial charge on any atom is -0.388 e. The molecule has 3 nitrogen and oxygen atoms in total. The molecule has 0 aliphatic rings. The van der Waals surface area contributed by atoms with Crippen molar-refractivity contribution in [3.05, 3.63) is 29.0 Å². The summed E-state index contributed by atoms with van der Waals surface area (Å²) >= 11 is 5.58. The summed E-state index contributed by atoms with van der Waals surface area (Å²) in [5, 5.41) is 9.88. The second-order valence-electron chi connectivity index (χ2n) is 2.51. The molecule has 0 fully saturated rings. The summed E-state index contributed by atoms with van der Waals surface area (Å²) in [7, 11) is 0. The Bertz CT molecular complexity index is 237. The van der Waals surface area contributed by atoms with Gasteiger partial charge in [0.25, 0.3) is 0 Å². The molecule has 0 aliphatic carbocycles. The maximum atomic E-state index is 9.45. The normalized spacial score (nSPS) is 12.9. The van der Waals surface area contributed by atoms with Crippen LogP contribution >= 0.6 is 11.6 Å². The third-order valence-corrected chi connectivity index (χ3v) is 1.80. The molecule has 1 atom stereocenters. The first-order chi connectivity index (χ1) is 5.74. The number of aromatic nitrogens is 1. The molecule has 0 aliphatic heterocycles. The van der Waals surface area contributed by atoms with Crippen LogP contribution in [-0.4, -0.2) is 16.6 Å². The molecule has 66 valence electrons. The van der Waals surface area contributed by atoms with Gasteiger partial charge < -0.3 is 10.8 Å². The molecular formula is C8H11ClN2O. The predicted molar refractivity (Wildman–Crippen MR) is 47.9 cm³/mol. The average molecular weight is 187 g/mol. The van der Waals surface area contributed by atoms with Crippen LogP contribution < -0.4 is 5.73 Å². The van der Waals surface area contributed by atoms with Crippen molar-refractivity contribution in [2.24, 2.45) is 5.73 Å². The van der Waals surface area contributed by atoms with E-state index in [4.69, 9.17) is 17.3 Å².